The average Bonchev–Trinajstić information content (AvgIpc) is 2.81. The number of carbonyl (C=O) groups excluding carboxylic acids is 1. The van der Waals surface area contributed by atoms with Gasteiger partial charge in [-0.3, -0.25) is 0 Å². The number of ether oxygens (including phenoxy) is 1. The number of carbonyl (C=O) groups is 1. The van der Waals surface area contributed by atoms with Crippen LogP contribution in [0.3, 0.4) is 0 Å². The molecule has 98 valence electrons. The van der Waals surface area contributed by atoms with E-state index in [0.717, 1.165) is 25.5 Å². The Balaban J connectivity index is 1.64. The third kappa shape index (κ3) is 3.87. The minimum Gasteiger partial charge on any atom is -0.379 e. The highest BCUT2D eigenvalue weighted by atomic mass is 16.5. The van der Waals surface area contributed by atoms with Crippen LogP contribution in [0, 0.1) is 11.8 Å². The summed E-state index contributed by atoms with van der Waals surface area (Å²) in [6, 6.07) is 0.178. The van der Waals surface area contributed by atoms with Gasteiger partial charge >= 0.3 is 6.03 Å². The lowest BCUT2D eigenvalue weighted by atomic mass is 9.80. The van der Waals surface area contributed by atoms with E-state index in [1.807, 2.05) is 0 Å². The van der Waals surface area contributed by atoms with E-state index in [4.69, 9.17) is 4.74 Å². The lowest BCUT2D eigenvalue weighted by Gasteiger charge is -2.28. The van der Waals surface area contributed by atoms with Crippen molar-refractivity contribution in [3.63, 3.8) is 0 Å². The summed E-state index contributed by atoms with van der Waals surface area (Å²) in [5, 5.41) is 5.96. The zero-order chi connectivity index (χ0) is 12.1. The van der Waals surface area contributed by atoms with E-state index in [1.165, 1.54) is 25.7 Å². The standard InChI is InChI=1S/C13H24N2O2/c1-10-4-2-3-5-11(10)8-14-13(16)15-12-6-7-17-9-12/h10-12H,2-9H2,1H3,(H2,14,15,16). The molecule has 2 fully saturated rings. The van der Waals surface area contributed by atoms with E-state index >= 15 is 0 Å². The number of hydrogen-bond donors (Lipinski definition) is 2. The fraction of sp³-hybridized carbons (Fsp3) is 0.923. The largest absolute Gasteiger partial charge is 0.379 e. The van der Waals surface area contributed by atoms with E-state index in [0.29, 0.717) is 12.5 Å². The number of hydrogen-bond acceptors (Lipinski definition) is 2. The minimum absolute atomic E-state index is 0.0294. The minimum atomic E-state index is -0.0294. The highest BCUT2D eigenvalue weighted by Crippen LogP contribution is 2.28. The molecule has 3 atom stereocenters. The Morgan fingerprint density at radius 3 is 2.82 bits per heavy atom. The second-order valence-electron chi connectivity index (χ2n) is 5.44. The zero-order valence-corrected chi connectivity index (χ0v) is 10.7. The van der Waals surface area contributed by atoms with Gasteiger partial charge in [0.05, 0.1) is 12.6 Å². The van der Waals surface area contributed by atoms with Crippen LogP contribution < -0.4 is 10.6 Å². The highest BCUT2D eigenvalue weighted by molar-refractivity contribution is 5.74. The van der Waals surface area contributed by atoms with Gasteiger partial charge in [0.25, 0.3) is 0 Å². The molecule has 0 aromatic carbocycles. The lowest BCUT2D eigenvalue weighted by Crippen LogP contribution is -2.44. The lowest BCUT2D eigenvalue weighted by molar-refractivity contribution is 0.187. The maximum absolute atomic E-state index is 11.7. The number of amides is 2. The second-order valence-corrected chi connectivity index (χ2v) is 5.44. The molecule has 3 unspecified atom stereocenters. The summed E-state index contributed by atoms with van der Waals surface area (Å²) in [5.74, 6) is 1.41. The molecule has 2 amide bonds. The van der Waals surface area contributed by atoms with E-state index in [9.17, 15) is 4.79 Å². The maximum Gasteiger partial charge on any atom is 0.315 e. The molecule has 0 bridgehead atoms. The highest BCUT2D eigenvalue weighted by Gasteiger charge is 2.22. The van der Waals surface area contributed by atoms with Crippen LogP contribution in [-0.4, -0.2) is 31.8 Å². The molecule has 2 N–H and O–H groups in total. The Hall–Kier alpha value is -0.770. The van der Waals surface area contributed by atoms with Crippen molar-refractivity contribution < 1.29 is 9.53 Å². The molecule has 2 aliphatic rings. The molecule has 1 aliphatic heterocycles. The van der Waals surface area contributed by atoms with Gasteiger partial charge < -0.3 is 15.4 Å². The van der Waals surface area contributed by atoms with E-state index in [2.05, 4.69) is 17.6 Å². The van der Waals surface area contributed by atoms with Gasteiger partial charge in [0.1, 0.15) is 0 Å². The van der Waals surface area contributed by atoms with Gasteiger partial charge in [0.15, 0.2) is 0 Å². The Bertz CT molecular complexity index is 252. The summed E-state index contributed by atoms with van der Waals surface area (Å²) in [6.07, 6.45) is 6.17. The molecule has 1 saturated carbocycles. The summed E-state index contributed by atoms with van der Waals surface area (Å²) >= 11 is 0. The van der Waals surface area contributed by atoms with E-state index in [-0.39, 0.29) is 12.1 Å². The molecule has 17 heavy (non-hydrogen) atoms. The molecular weight excluding hydrogens is 216 g/mol. The number of urea groups is 1. The van der Waals surface area contributed by atoms with Crippen molar-refractivity contribution >= 4 is 6.03 Å². The summed E-state index contributed by atoms with van der Waals surface area (Å²) in [4.78, 5) is 11.7. The molecule has 0 spiro atoms. The first kappa shape index (κ1) is 12.7. The normalized spacial score (nSPS) is 33.4. The van der Waals surface area contributed by atoms with Crippen LogP contribution in [0.15, 0.2) is 0 Å². The van der Waals surface area contributed by atoms with Crippen molar-refractivity contribution in [1.82, 2.24) is 10.6 Å². The Kier molecular flexibility index (Phi) is 4.66. The smallest absolute Gasteiger partial charge is 0.315 e. The number of rotatable bonds is 3. The molecule has 2 rings (SSSR count). The molecule has 1 saturated heterocycles. The van der Waals surface area contributed by atoms with Crippen molar-refractivity contribution in [2.75, 3.05) is 19.8 Å². The quantitative estimate of drug-likeness (QED) is 0.791. The Labute approximate surface area is 103 Å². The van der Waals surface area contributed by atoms with Crippen LogP contribution in [-0.2, 0) is 4.74 Å². The van der Waals surface area contributed by atoms with Crippen molar-refractivity contribution in [2.24, 2.45) is 11.8 Å². The predicted octanol–water partition coefficient (Wildman–Crippen LogP) is 1.90. The fourth-order valence-corrected chi connectivity index (χ4v) is 2.80. The molecule has 0 aromatic rings. The molecule has 1 heterocycles. The molecular formula is C13H24N2O2. The van der Waals surface area contributed by atoms with Gasteiger partial charge in [-0.05, 0) is 24.7 Å². The Morgan fingerprint density at radius 2 is 2.12 bits per heavy atom. The topological polar surface area (TPSA) is 50.4 Å². The molecule has 4 heteroatoms. The van der Waals surface area contributed by atoms with Crippen LogP contribution >= 0.6 is 0 Å². The molecule has 0 radical (unpaired) electrons. The monoisotopic (exact) mass is 240 g/mol. The van der Waals surface area contributed by atoms with Crippen LogP contribution in [0.1, 0.15) is 39.0 Å². The zero-order valence-electron chi connectivity index (χ0n) is 10.7. The summed E-state index contributed by atoms with van der Waals surface area (Å²) < 4.78 is 5.23. The molecule has 0 aromatic heterocycles. The van der Waals surface area contributed by atoms with Gasteiger partial charge in [-0.1, -0.05) is 26.2 Å². The average molecular weight is 240 g/mol. The summed E-state index contributed by atoms with van der Waals surface area (Å²) in [6.45, 7) is 4.55. The first-order chi connectivity index (χ1) is 8.25. The van der Waals surface area contributed by atoms with E-state index in [1.54, 1.807) is 0 Å². The van der Waals surface area contributed by atoms with Crippen molar-refractivity contribution in [3.8, 4) is 0 Å². The number of nitrogens with one attached hydrogen (secondary N) is 2. The molecule has 1 aliphatic carbocycles. The third-order valence-electron chi connectivity index (χ3n) is 4.08. The predicted molar refractivity (Wildman–Crippen MR) is 66.9 cm³/mol. The Morgan fingerprint density at radius 1 is 1.29 bits per heavy atom. The first-order valence-electron chi connectivity index (χ1n) is 6.88. The van der Waals surface area contributed by atoms with Crippen molar-refractivity contribution in [3.05, 3.63) is 0 Å². The fourth-order valence-electron chi connectivity index (χ4n) is 2.80. The van der Waals surface area contributed by atoms with E-state index < -0.39 is 0 Å². The van der Waals surface area contributed by atoms with Crippen LogP contribution in [0.25, 0.3) is 0 Å². The maximum atomic E-state index is 11.7. The first-order valence-corrected chi connectivity index (χ1v) is 6.88. The summed E-state index contributed by atoms with van der Waals surface area (Å²) in [5.41, 5.74) is 0. The van der Waals surface area contributed by atoms with Gasteiger partial charge in [0.2, 0.25) is 0 Å². The molecule has 4 nitrogen and oxygen atoms in total. The van der Waals surface area contributed by atoms with Gasteiger partial charge in [-0.2, -0.15) is 0 Å². The van der Waals surface area contributed by atoms with Gasteiger partial charge in [0, 0.05) is 13.2 Å². The second kappa shape index (κ2) is 6.24. The van der Waals surface area contributed by atoms with Gasteiger partial charge in [-0.15, -0.1) is 0 Å². The van der Waals surface area contributed by atoms with Crippen molar-refractivity contribution in [2.45, 2.75) is 45.1 Å². The van der Waals surface area contributed by atoms with Crippen LogP contribution in [0.5, 0.6) is 0 Å². The summed E-state index contributed by atoms with van der Waals surface area (Å²) in [7, 11) is 0. The SMILES string of the molecule is CC1CCCCC1CNC(=O)NC1CCOC1. The van der Waals surface area contributed by atoms with Crippen LogP contribution in [0.4, 0.5) is 4.79 Å². The van der Waals surface area contributed by atoms with Crippen LogP contribution in [0.2, 0.25) is 0 Å². The van der Waals surface area contributed by atoms with Crippen molar-refractivity contribution in [1.29, 1.82) is 0 Å². The third-order valence-corrected chi connectivity index (χ3v) is 4.08. The van der Waals surface area contributed by atoms with Gasteiger partial charge in [-0.25, -0.2) is 4.79 Å².